The second-order valence-corrected chi connectivity index (χ2v) is 15.3. The Kier molecular flexibility index (Phi) is 11.3. The lowest BCUT2D eigenvalue weighted by molar-refractivity contribution is 0.106. The first-order chi connectivity index (χ1) is 21.3. The molecule has 240 valence electrons. The van der Waals surface area contributed by atoms with Crippen LogP contribution in [-0.4, -0.2) is 92.1 Å². The van der Waals surface area contributed by atoms with Gasteiger partial charge >= 0.3 is 0 Å². The first kappa shape index (κ1) is 32.9. The van der Waals surface area contributed by atoms with Crippen molar-refractivity contribution in [1.82, 2.24) is 14.8 Å². The summed E-state index contributed by atoms with van der Waals surface area (Å²) in [6, 6.07) is 12.8. The van der Waals surface area contributed by atoms with Crippen LogP contribution < -0.4 is 9.64 Å². The number of fused-ring (bicyclic) bond motifs is 1. The molecular formula is C34H48N4O4S2. The number of aromatic nitrogens is 1. The quantitative estimate of drug-likeness (QED) is 0.218. The lowest BCUT2D eigenvalue weighted by Gasteiger charge is -2.43. The van der Waals surface area contributed by atoms with Gasteiger partial charge in [-0.2, -0.15) is 0 Å². The minimum absolute atomic E-state index is 0.193. The van der Waals surface area contributed by atoms with Crippen LogP contribution in [0.2, 0.25) is 0 Å². The molecule has 0 amide bonds. The zero-order valence-corrected chi connectivity index (χ0v) is 28.2. The maximum Gasteiger partial charge on any atom is 0.210 e. The number of sulfone groups is 1. The van der Waals surface area contributed by atoms with Crippen molar-refractivity contribution in [2.24, 2.45) is 0 Å². The predicted molar refractivity (Wildman–Crippen MR) is 179 cm³/mol. The molecule has 2 aromatic carbocycles. The molecule has 3 aromatic rings. The van der Waals surface area contributed by atoms with Crippen molar-refractivity contribution in [2.45, 2.75) is 79.5 Å². The summed E-state index contributed by atoms with van der Waals surface area (Å²) < 4.78 is 46.8. The topological polar surface area (TPSA) is 83.0 Å². The predicted octanol–water partition coefficient (Wildman–Crippen LogP) is 5.76. The fourth-order valence-electron chi connectivity index (χ4n) is 6.49. The van der Waals surface area contributed by atoms with E-state index in [9.17, 15) is 12.6 Å². The summed E-state index contributed by atoms with van der Waals surface area (Å²) in [4.78, 5) is 12.9. The Bertz CT molecular complexity index is 1510. The second-order valence-electron chi connectivity index (χ2n) is 12.0. The van der Waals surface area contributed by atoms with Crippen molar-refractivity contribution in [3.8, 4) is 5.75 Å². The zero-order valence-electron chi connectivity index (χ0n) is 26.5. The summed E-state index contributed by atoms with van der Waals surface area (Å²) in [5.74, 6) is 0.673. The number of nitrogens with zero attached hydrogens (tertiary/aromatic N) is 4. The summed E-state index contributed by atoms with van der Waals surface area (Å²) in [7, 11) is -5.10. The molecule has 1 atom stereocenters. The first-order valence-electron chi connectivity index (χ1n) is 16.3. The SMILES string of the molecule is CCCCCCCOc1ccc(S(=O)(=O)c2cnc3ccc(S(C)=O)cc3c2N2CCN(C3CCN(CC)CC3)CC2)cc1. The van der Waals surface area contributed by atoms with Gasteiger partial charge in [0.25, 0.3) is 0 Å². The molecule has 0 saturated carbocycles. The molecule has 2 fully saturated rings. The average molecular weight is 641 g/mol. The normalized spacial score (nSPS) is 18.1. The van der Waals surface area contributed by atoms with Crippen LogP contribution in [-0.2, 0) is 20.6 Å². The van der Waals surface area contributed by atoms with Crippen molar-refractivity contribution in [3.05, 3.63) is 48.7 Å². The molecule has 1 unspecified atom stereocenters. The number of piperazine rings is 1. The minimum Gasteiger partial charge on any atom is -0.494 e. The smallest absolute Gasteiger partial charge is 0.210 e. The Morgan fingerprint density at radius 3 is 2.27 bits per heavy atom. The van der Waals surface area contributed by atoms with E-state index in [1.54, 1.807) is 30.5 Å². The average Bonchev–Trinajstić information content (AvgIpc) is 3.06. The highest BCUT2D eigenvalue weighted by molar-refractivity contribution is 7.91. The molecule has 0 radical (unpaired) electrons. The first-order valence-corrected chi connectivity index (χ1v) is 19.3. The van der Waals surface area contributed by atoms with Crippen LogP contribution >= 0.6 is 0 Å². The number of unbranched alkanes of at least 4 members (excludes halogenated alkanes) is 4. The lowest BCUT2D eigenvalue weighted by atomic mass is 10.0. The summed E-state index contributed by atoms with van der Waals surface area (Å²) in [5, 5.41) is 0.728. The molecule has 44 heavy (non-hydrogen) atoms. The van der Waals surface area contributed by atoms with Crippen molar-refractivity contribution in [1.29, 1.82) is 0 Å². The molecule has 2 aliphatic rings. The van der Waals surface area contributed by atoms with Gasteiger partial charge < -0.3 is 14.5 Å². The molecule has 0 bridgehead atoms. The Labute approximate surface area is 266 Å². The van der Waals surface area contributed by atoms with Crippen LogP contribution in [0.1, 0.15) is 58.8 Å². The molecule has 3 heterocycles. The molecule has 0 aliphatic carbocycles. The third kappa shape index (κ3) is 7.63. The van der Waals surface area contributed by atoms with Crippen molar-refractivity contribution in [2.75, 3.05) is 63.6 Å². The Morgan fingerprint density at radius 2 is 1.61 bits per heavy atom. The van der Waals surface area contributed by atoms with Crippen LogP contribution in [0.4, 0.5) is 5.69 Å². The van der Waals surface area contributed by atoms with Crippen LogP contribution in [0.15, 0.2) is 63.3 Å². The number of piperidine rings is 1. The van der Waals surface area contributed by atoms with Crippen molar-refractivity contribution in [3.63, 3.8) is 0 Å². The molecular weight excluding hydrogens is 593 g/mol. The van der Waals surface area contributed by atoms with Crippen LogP contribution in [0.25, 0.3) is 10.9 Å². The number of pyridine rings is 1. The Morgan fingerprint density at radius 1 is 0.909 bits per heavy atom. The molecule has 0 spiro atoms. The highest BCUT2D eigenvalue weighted by Crippen LogP contribution is 2.38. The number of hydrogen-bond donors (Lipinski definition) is 0. The number of anilines is 1. The number of benzene rings is 2. The standard InChI is InChI=1S/C34H48N4O4S2/c1-4-6-7-8-9-24-42-28-10-13-30(14-11-28)44(40,41)33-26-35-32-15-12-29(43(3)39)25-31(32)34(33)38-22-20-37(21-23-38)27-16-18-36(5-2)19-17-27/h10-15,25-27H,4-9,16-24H2,1-3H3. The molecule has 2 saturated heterocycles. The van der Waals surface area contributed by atoms with E-state index in [0.29, 0.717) is 34.5 Å². The van der Waals surface area contributed by atoms with E-state index in [2.05, 4.69) is 33.5 Å². The van der Waals surface area contributed by atoms with Crippen LogP contribution in [0.5, 0.6) is 5.75 Å². The van der Waals surface area contributed by atoms with Gasteiger partial charge in [0.15, 0.2) is 0 Å². The highest BCUT2D eigenvalue weighted by Gasteiger charge is 2.31. The molecule has 2 aliphatic heterocycles. The molecule has 5 rings (SSSR count). The fourth-order valence-corrected chi connectivity index (χ4v) is 8.47. The Balaban J connectivity index is 1.40. The number of hydrogen-bond acceptors (Lipinski definition) is 8. The van der Waals surface area contributed by atoms with E-state index < -0.39 is 20.6 Å². The number of rotatable bonds is 13. The van der Waals surface area contributed by atoms with E-state index in [1.807, 2.05) is 18.2 Å². The van der Waals surface area contributed by atoms with Gasteiger partial charge in [-0.05, 0) is 81.4 Å². The van der Waals surface area contributed by atoms with Gasteiger partial charge in [-0.25, -0.2) is 8.42 Å². The van der Waals surface area contributed by atoms with Gasteiger partial charge in [-0.15, -0.1) is 0 Å². The van der Waals surface area contributed by atoms with Crippen molar-refractivity contribution < 1.29 is 17.4 Å². The van der Waals surface area contributed by atoms with E-state index >= 15 is 0 Å². The maximum absolute atomic E-state index is 14.2. The monoisotopic (exact) mass is 640 g/mol. The van der Waals surface area contributed by atoms with Crippen molar-refractivity contribution >= 4 is 37.2 Å². The highest BCUT2D eigenvalue weighted by atomic mass is 32.2. The largest absolute Gasteiger partial charge is 0.494 e. The lowest BCUT2D eigenvalue weighted by Crippen LogP contribution is -2.53. The van der Waals surface area contributed by atoms with Crippen LogP contribution in [0, 0.1) is 0 Å². The van der Waals surface area contributed by atoms with Gasteiger partial charge in [-0.3, -0.25) is 14.1 Å². The van der Waals surface area contributed by atoms with Crippen LogP contribution in [0.3, 0.4) is 0 Å². The van der Waals surface area contributed by atoms with E-state index in [4.69, 9.17) is 4.74 Å². The van der Waals surface area contributed by atoms with E-state index in [1.165, 1.54) is 38.3 Å². The maximum atomic E-state index is 14.2. The van der Waals surface area contributed by atoms with E-state index in [0.717, 1.165) is 64.0 Å². The summed E-state index contributed by atoms with van der Waals surface area (Å²) in [6.07, 6.45) is 11.3. The molecule has 0 N–H and O–H groups in total. The third-order valence-corrected chi connectivity index (χ3v) is 11.9. The van der Waals surface area contributed by atoms with Gasteiger partial charge in [-0.1, -0.05) is 39.5 Å². The summed E-state index contributed by atoms with van der Waals surface area (Å²) in [6.45, 7) is 11.6. The summed E-state index contributed by atoms with van der Waals surface area (Å²) >= 11 is 0. The van der Waals surface area contributed by atoms with Gasteiger partial charge in [0.1, 0.15) is 10.6 Å². The molecule has 8 nitrogen and oxygen atoms in total. The van der Waals surface area contributed by atoms with Gasteiger partial charge in [0.05, 0.1) is 22.7 Å². The number of ether oxygens (including phenoxy) is 1. The second kappa shape index (κ2) is 15.2. The number of likely N-dealkylation sites (tertiary alicyclic amines) is 1. The Hall–Kier alpha value is -2.53. The van der Waals surface area contributed by atoms with Gasteiger partial charge in [0, 0.05) is 65.8 Å². The minimum atomic E-state index is -3.89. The molecule has 10 heteroatoms. The molecule has 1 aromatic heterocycles. The fraction of sp³-hybridized carbons (Fsp3) is 0.559. The van der Waals surface area contributed by atoms with E-state index in [-0.39, 0.29) is 9.79 Å². The summed E-state index contributed by atoms with van der Waals surface area (Å²) in [5.41, 5.74) is 1.36. The third-order valence-electron chi connectivity index (χ3n) is 9.20. The zero-order chi connectivity index (χ0) is 31.1. The van der Waals surface area contributed by atoms with Gasteiger partial charge in [0.2, 0.25) is 9.84 Å².